The van der Waals surface area contributed by atoms with Crippen molar-refractivity contribution in [1.29, 1.82) is 0 Å². The summed E-state index contributed by atoms with van der Waals surface area (Å²) in [6.45, 7) is 2.63. The predicted octanol–water partition coefficient (Wildman–Crippen LogP) is 1.73. The van der Waals surface area contributed by atoms with Gasteiger partial charge in [0.2, 0.25) is 0 Å². The summed E-state index contributed by atoms with van der Waals surface area (Å²) in [6.07, 6.45) is 0. The number of hydrogen-bond acceptors (Lipinski definition) is 6. The van der Waals surface area contributed by atoms with Crippen LogP contribution in [0.3, 0.4) is 0 Å². The summed E-state index contributed by atoms with van der Waals surface area (Å²) in [5.41, 5.74) is 1.09. The Hall–Kier alpha value is -0.140. The molecular formula is C12H21N3OS2. The number of ether oxygens (including phenoxy) is 1. The Kier molecular flexibility index (Phi) is 5.44. The van der Waals surface area contributed by atoms with Gasteiger partial charge in [0.1, 0.15) is 5.01 Å². The molecule has 0 spiro atoms. The summed E-state index contributed by atoms with van der Waals surface area (Å²) in [4.78, 5) is 8.51. The molecule has 0 saturated carbocycles. The van der Waals surface area contributed by atoms with Gasteiger partial charge in [-0.3, -0.25) is 4.90 Å². The Morgan fingerprint density at radius 1 is 1.56 bits per heavy atom. The molecule has 2 heterocycles. The van der Waals surface area contributed by atoms with E-state index in [9.17, 15) is 0 Å². The minimum absolute atomic E-state index is 0.468. The zero-order valence-corrected chi connectivity index (χ0v) is 12.9. The molecule has 0 bridgehead atoms. The molecule has 1 N–H and O–H groups in total. The van der Waals surface area contributed by atoms with Gasteiger partial charge in [-0.15, -0.1) is 11.3 Å². The molecule has 1 atom stereocenters. The van der Waals surface area contributed by atoms with Gasteiger partial charge in [-0.1, -0.05) is 0 Å². The van der Waals surface area contributed by atoms with Gasteiger partial charge in [0.25, 0.3) is 0 Å². The van der Waals surface area contributed by atoms with Gasteiger partial charge in [-0.25, -0.2) is 4.98 Å². The smallest absolute Gasteiger partial charge is 0.111 e. The highest BCUT2D eigenvalue weighted by molar-refractivity contribution is 7.99. The number of rotatable bonds is 5. The van der Waals surface area contributed by atoms with E-state index in [0.29, 0.717) is 12.6 Å². The molecule has 0 aliphatic carbocycles. The third kappa shape index (κ3) is 3.24. The first-order valence-corrected chi connectivity index (χ1v) is 8.13. The summed E-state index contributed by atoms with van der Waals surface area (Å²) >= 11 is 3.85. The molecular weight excluding hydrogens is 266 g/mol. The Balaban J connectivity index is 2.18. The van der Waals surface area contributed by atoms with Gasteiger partial charge in [-0.05, 0) is 14.1 Å². The van der Waals surface area contributed by atoms with Crippen LogP contribution in [-0.2, 0) is 17.9 Å². The normalized spacial score (nSPS) is 21.4. The number of nitrogens with zero attached hydrogens (tertiary/aromatic N) is 2. The van der Waals surface area contributed by atoms with Gasteiger partial charge >= 0.3 is 0 Å². The molecule has 1 aliphatic heterocycles. The third-order valence-electron chi connectivity index (χ3n) is 3.09. The van der Waals surface area contributed by atoms with Crippen LogP contribution >= 0.6 is 23.1 Å². The van der Waals surface area contributed by atoms with Crippen LogP contribution in [0.5, 0.6) is 0 Å². The molecule has 1 aromatic heterocycles. The second-order valence-corrected chi connectivity index (χ2v) is 6.72. The van der Waals surface area contributed by atoms with Crippen LogP contribution in [0.2, 0.25) is 0 Å². The van der Waals surface area contributed by atoms with E-state index in [4.69, 9.17) is 9.72 Å². The Labute approximate surface area is 117 Å². The van der Waals surface area contributed by atoms with E-state index < -0.39 is 0 Å². The van der Waals surface area contributed by atoms with Crippen molar-refractivity contribution in [2.24, 2.45) is 0 Å². The number of hydrogen-bond donors (Lipinski definition) is 1. The van der Waals surface area contributed by atoms with Crippen molar-refractivity contribution in [2.45, 2.75) is 19.2 Å². The van der Waals surface area contributed by atoms with Gasteiger partial charge in [0, 0.05) is 36.6 Å². The number of thiazole rings is 1. The lowest BCUT2D eigenvalue weighted by Gasteiger charge is -2.30. The molecule has 1 unspecified atom stereocenters. The Bertz CT molecular complexity index is 360. The number of methoxy groups -OCH3 is 1. The Morgan fingerprint density at radius 3 is 3.06 bits per heavy atom. The predicted molar refractivity (Wildman–Crippen MR) is 78.3 cm³/mol. The van der Waals surface area contributed by atoms with Crippen molar-refractivity contribution in [3.05, 3.63) is 15.6 Å². The molecule has 1 saturated heterocycles. The van der Waals surface area contributed by atoms with E-state index >= 15 is 0 Å². The highest BCUT2D eigenvalue weighted by Gasteiger charge is 2.25. The van der Waals surface area contributed by atoms with Crippen LogP contribution < -0.4 is 5.32 Å². The van der Waals surface area contributed by atoms with Gasteiger partial charge in [-0.2, -0.15) is 11.8 Å². The summed E-state index contributed by atoms with van der Waals surface area (Å²) < 4.78 is 5.24. The number of thioether (sulfide) groups is 1. The molecule has 0 aromatic carbocycles. The fraction of sp³-hybridized carbons (Fsp3) is 0.750. The Morgan fingerprint density at radius 2 is 2.39 bits per heavy atom. The van der Waals surface area contributed by atoms with E-state index in [1.807, 2.05) is 30.1 Å². The van der Waals surface area contributed by atoms with Gasteiger partial charge < -0.3 is 10.1 Å². The maximum Gasteiger partial charge on any atom is 0.111 e. The summed E-state index contributed by atoms with van der Waals surface area (Å²) in [7, 11) is 5.89. The lowest BCUT2D eigenvalue weighted by molar-refractivity contribution is 0.180. The number of aromatic nitrogens is 1. The maximum absolute atomic E-state index is 5.24. The topological polar surface area (TPSA) is 37.4 Å². The molecule has 4 nitrogen and oxygen atoms in total. The largest absolute Gasteiger partial charge is 0.378 e. The lowest BCUT2D eigenvalue weighted by Crippen LogP contribution is -2.32. The first kappa shape index (κ1) is 14.3. The van der Waals surface area contributed by atoms with E-state index in [-0.39, 0.29) is 0 Å². The van der Waals surface area contributed by atoms with E-state index in [1.165, 1.54) is 15.6 Å². The average molecular weight is 287 g/mol. The van der Waals surface area contributed by atoms with E-state index in [2.05, 4.69) is 17.3 Å². The first-order chi connectivity index (χ1) is 8.76. The molecule has 1 fully saturated rings. The SMILES string of the molecule is CNCc1sc(C2CSCCN2C)nc1COC. The molecule has 0 radical (unpaired) electrons. The molecule has 18 heavy (non-hydrogen) atoms. The van der Waals surface area contributed by atoms with Gasteiger partial charge in [0.05, 0.1) is 18.3 Å². The van der Waals surface area contributed by atoms with Crippen LogP contribution in [0.15, 0.2) is 0 Å². The van der Waals surface area contributed by atoms with Crippen molar-refractivity contribution in [1.82, 2.24) is 15.2 Å². The molecule has 2 rings (SSSR count). The van der Waals surface area contributed by atoms with Crippen LogP contribution in [-0.4, -0.2) is 49.1 Å². The minimum Gasteiger partial charge on any atom is -0.378 e. The molecule has 1 aliphatic rings. The summed E-state index contributed by atoms with van der Waals surface area (Å²) in [5, 5.41) is 4.44. The second-order valence-electron chi connectivity index (χ2n) is 4.46. The monoisotopic (exact) mass is 287 g/mol. The van der Waals surface area contributed by atoms with Crippen LogP contribution in [0.25, 0.3) is 0 Å². The van der Waals surface area contributed by atoms with Gasteiger partial charge in [0.15, 0.2) is 0 Å². The number of nitrogens with one attached hydrogen (secondary N) is 1. The quantitative estimate of drug-likeness (QED) is 0.893. The molecule has 102 valence electrons. The van der Waals surface area contributed by atoms with Crippen LogP contribution in [0.4, 0.5) is 0 Å². The fourth-order valence-corrected chi connectivity index (χ4v) is 4.61. The zero-order valence-electron chi connectivity index (χ0n) is 11.2. The standard InChI is InChI=1S/C12H21N3OS2/c1-13-6-11-9(7-16-3)14-12(18-11)10-8-17-5-4-15(10)2/h10,13H,4-8H2,1-3H3. The van der Waals surface area contributed by atoms with Crippen LogP contribution in [0.1, 0.15) is 21.6 Å². The highest BCUT2D eigenvalue weighted by atomic mass is 32.2. The fourth-order valence-electron chi connectivity index (χ4n) is 2.04. The highest BCUT2D eigenvalue weighted by Crippen LogP contribution is 2.32. The summed E-state index contributed by atoms with van der Waals surface area (Å²) in [6, 6.07) is 0.468. The summed E-state index contributed by atoms with van der Waals surface area (Å²) in [5.74, 6) is 2.38. The minimum atomic E-state index is 0.468. The van der Waals surface area contributed by atoms with Crippen molar-refractivity contribution in [3.63, 3.8) is 0 Å². The average Bonchev–Trinajstić information content (AvgIpc) is 2.74. The van der Waals surface area contributed by atoms with Crippen molar-refractivity contribution in [3.8, 4) is 0 Å². The zero-order chi connectivity index (χ0) is 13.0. The third-order valence-corrected chi connectivity index (χ3v) is 5.32. The molecule has 1 aromatic rings. The molecule has 0 amide bonds. The second kappa shape index (κ2) is 6.86. The van der Waals surface area contributed by atoms with Crippen molar-refractivity contribution >= 4 is 23.1 Å². The maximum atomic E-state index is 5.24. The lowest BCUT2D eigenvalue weighted by atomic mass is 10.3. The molecule has 6 heteroatoms. The van der Waals surface area contributed by atoms with Crippen molar-refractivity contribution < 1.29 is 4.74 Å². The van der Waals surface area contributed by atoms with E-state index in [1.54, 1.807) is 7.11 Å². The van der Waals surface area contributed by atoms with E-state index in [0.717, 1.165) is 24.5 Å². The van der Waals surface area contributed by atoms with Crippen molar-refractivity contribution in [2.75, 3.05) is 39.3 Å². The first-order valence-electron chi connectivity index (χ1n) is 6.16. The van der Waals surface area contributed by atoms with Crippen LogP contribution in [0, 0.1) is 0 Å².